The minimum Gasteiger partial charge on any atom is -0.466 e. The van der Waals surface area contributed by atoms with Gasteiger partial charge in [0.1, 0.15) is 11.6 Å². The molecule has 34 heavy (non-hydrogen) atoms. The number of nitrogens with zero attached hydrogens (tertiary/aromatic N) is 2. The summed E-state index contributed by atoms with van der Waals surface area (Å²) in [6.45, 7) is 7.83. The lowest BCUT2D eigenvalue weighted by Crippen LogP contribution is -2.60. The van der Waals surface area contributed by atoms with Crippen LogP contribution in [0.4, 0.5) is 0 Å². The molecular formula is C25H37BrN2O6. The van der Waals surface area contributed by atoms with Crippen molar-refractivity contribution in [2.24, 2.45) is 11.8 Å². The number of carbonyl (C=O) groups is 3. The third kappa shape index (κ3) is 3.91. The van der Waals surface area contributed by atoms with E-state index in [1.807, 2.05) is 11.8 Å². The summed E-state index contributed by atoms with van der Waals surface area (Å²) in [4.78, 5) is 44.5. The summed E-state index contributed by atoms with van der Waals surface area (Å²) >= 11 is 3.67. The highest BCUT2D eigenvalue weighted by atomic mass is 79.9. The van der Waals surface area contributed by atoms with Gasteiger partial charge in [-0.2, -0.15) is 0 Å². The van der Waals surface area contributed by atoms with Crippen LogP contribution in [0.3, 0.4) is 0 Å². The maximum absolute atomic E-state index is 14.4. The van der Waals surface area contributed by atoms with Gasteiger partial charge in [-0.15, -0.1) is 6.58 Å². The van der Waals surface area contributed by atoms with E-state index >= 15 is 0 Å². The average molecular weight is 541 g/mol. The Morgan fingerprint density at radius 1 is 1.35 bits per heavy atom. The molecule has 3 unspecified atom stereocenters. The van der Waals surface area contributed by atoms with E-state index in [9.17, 15) is 19.5 Å². The fourth-order valence-corrected chi connectivity index (χ4v) is 7.71. The normalized spacial score (nSPS) is 35.8. The number of aliphatic hydroxyl groups is 1. The smallest absolute Gasteiger partial charge is 0.312 e. The summed E-state index contributed by atoms with van der Waals surface area (Å²) in [5.74, 6) is -2.49. The number of fused-ring (bicyclic) bond motifs is 1. The fourth-order valence-electron chi connectivity index (χ4n) is 6.77. The van der Waals surface area contributed by atoms with Gasteiger partial charge in [-0.1, -0.05) is 48.2 Å². The molecule has 1 saturated carbocycles. The summed E-state index contributed by atoms with van der Waals surface area (Å²) in [6.07, 6.45) is 7.27. The Hall–Kier alpha value is -1.45. The number of rotatable bonds is 9. The number of alkyl halides is 1. The van der Waals surface area contributed by atoms with Gasteiger partial charge < -0.3 is 24.4 Å². The summed E-state index contributed by atoms with van der Waals surface area (Å²) in [5, 5.41) is 10.2. The van der Waals surface area contributed by atoms with Crippen molar-refractivity contribution in [3.05, 3.63) is 12.7 Å². The Kier molecular flexibility index (Phi) is 7.74. The Morgan fingerprint density at radius 2 is 2.06 bits per heavy atom. The molecule has 4 fully saturated rings. The molecule has 7 atom stereocenters. The van der Waals surface area contributed by atoms with Gasteiger partial charge in [0.25, 0.3) is 0 Å². The molecule has 1 spiro atoms. The maximum atomic E-state index is 14.4. The Morgan fingerprint density at radius 3 is 2.65 bits per heavy atom. The van der Waals surface area contributed by atoms with E-state index in [4.69, 9.17) is 9.47 Å². The molecule has 3 heterocycles. The second-order valence-corrected chi connectivity index (χ2v) is 11.2. The van der Waals surface area contributed by atoms with Crippen LogP contribution < -0.4 is 0 Å². The van der Waals surface area contributed by atoms with Crippen LogP contribution >= 0.6 is 15.9 Å². The monoisotopic (exact) mass is 540 g/mol. The molecule has 4 aliphatic rings. The largest absolute Gasteiger partial charge is 0.466 e. The zero-order chi connectivity index (χ0) is 24.6. The predicted octanol–water partition coefficient (Wildman–Crippen LogP) is 2.42. The van der Waals surface area contributed by atoms with Crippen LogP contribution in [0.25, 0.3) is 0 Å². The number of hydrogen-bond donors (Lipinski definition) is 1. The van der Waals surface area contributed by atoms with Gasteiger partial charge in [0.2, 0.25) is 11.8 Å². The Labute approximate surface area is 210 Å². The molecule has 2 bridgehead atoms. The highest BCUT2D eigenvalue weighted by Crippen LogP contribution is 2.60. The van der Waals surface area contributed by atoms with Gasteiger partial charge in [-0.3, -0.25) is 14.4 Å². The molecule has 1 N–H and O–H groups in total. The van der Waals surface area contributed by atoms with Crippen LogP contribution in [0, 0.1) is 11.8 Å². The van der Waals surface area contributed by atoms with Crippen molar-refractivity contribution < 1.29 is 29.0 Å². The van der Waals surface area contributed by atoms with Crippen LogP contribution in [-0.2, 0) is 23.9 Å². The van der Waals surface area contributed by atoms with E-state index in [0.717, 1.165) is 32.1 Å². The van der Waals surface area contributed by atoms with Gasteiger partial charge in [0.05, 0.1) is 37.2 Å². The first-order valence-electron chi connectivity index (χ1n) is 12.7. The van der Waals surface area contributed by atoms with Crippen LogP contribution in [-0.4, -0.2) is 87.1 Å². The number of aliphatic hydroxyl groups excluding tert-OH is 1. The lowest BCUT2D eigenvalue weighted by atomic mass is 9.70. The number of halogens is 1. The van der Waals surface area contributed by atoms with E-state index < -0.39 is 41.6 Å². The summed E-state index contributed by atoms with van der Waals surface area (Å²) in [6, 6.07) is -1.34. The van der Waals surface area contributed by atoms with E-state index in [2.05, 4.69) is 22.5 Å². The molecule has 1 aliphatic carbocycles. The third-order valence-corrected chi connectivity index (χ3v) is 9.06. The number of ether oxygens (including phenoxy) is 2. The Balaban J connectivity index is 1.78. The van der Waals surface area contributed by atoms with Crippen molar-refractivity contribution in [2.75, 3.05) is 19.8 Å². The number of esters is 1. The number of amides is 2. The van der Waals surface area contributed by atoms with Crippen molar-refractivity contribution in [2.45, 2.75) is 93.5 Å². The summed E-state index contributed by atoms with van der Waals surface area (Å²) in [7, 11) is 0. The Bertz CT molecular complexity index is 813. The zero-order valence-corrected chi connectivity index (χ0v) is 21.7. The highest BCUT2D eigenvalue weighted by molar-refractivity contribution is 9.09. The first-order chi connectivity index (χ1) is 16.4. The molecule has 0 radical (unpaired) electrons. The minimum atomic E-state index is -1.12. The lowest BCUT2D eigenvalue weighted by Gasteiger charge is -2.42. The first-order valence-corrected chi connectivity index (χ1v) is 13.6. The van der Waals surface area contributed by atoms with Crippen LogP contribution in [0.5, 0.6) is 0 Å². The fraction of sp³-hybridized carbons (Fsp3) is 0.800. The molecule has 8 nitrogen and oxygen atoms in total. The third-order valence-electron chi connectivity index (χ3n) is 8.22. The molecule has 2 amide bonds. The van der Waals surface area contributed by atoms with Crippen LogP contribution in [0.15, 0.2) is 12.7 Å². The molecule has 4 rings (SSSR count). The van der Waals surface area contributed by atoms with Crippen LogP contribution in [0.1, 0.15) is 58.8 Å². The molecular weight excluding hydrogens is 504 g/mol. The first kappa shape index (κ1) is 25.6. The number of carbonyl (C=O) groups excluding carboxylic acids is 3. The van der Waals surface area contributed by atoms with Gasteiger partial charge >= 0.3 is 5.97 Å². The quantitative estimate of drug-likeness (QED) is 0.274. The van der Waals surface area contributed by atoms with Gasteiger partial charge in [-0.25, -0.2) is 0 Å². The standard InChI is InChI=1S/C25H37BrN2O6/c1-4-12-27(16-10-8-7-9-11-16)23(31)21-25-13-17(26)20(34-25)18(24(32)33-6-3)19(25)22(30)28(21)15(5-2)14-29/h4,15-21,29H,1,5-14H2,2-3H3/t15-,17?,18-,19-,20-,21?,25?/m0/s1. The molecule has 0 aromatic carbocycles. The van der Waals surface area contributed by atoms with Gasteiger partial charge in [0.15, 0.2) is 0 Å². The van der Waals surface area contributed by atoms with Gasteiger partial charge in [-0.05, 0) is 32.6 Å². The SMILES string of the molecule is C=CCN(C(=O)C1N([C@@H](CC)CO)C(=O)[C@@H]2[C@H](C(=O)OCC)[C@H]3OC12CC3Br)C1CCCCC1. The summed E-state index contributed by atoms with van der Waals surface area (Å²) < 4.78 is 11.8. The van der Waals surface area contributed by atoms with Crippen LogP contribution in [0.2, 0.25) is 0 Å². The molecule has 190 valence electrons. The second kappa shape index (κ2) is 10.3. The van der Waals surface area contributed by atoms with Crippen molar-refractivity contribution in [1.82, 2.24) is 9.80 Å². The molecule has 0 aromatic rings. The minimum absolute atomic E-state index is 0.0834. The molecule has 9 heteroatoms. The average Bonchev–Trinajstić information content (AvgIpc) is 3.42. The summed E-state index contributed by atoms with van der Waals surface area (Å²) in [5.41, 5.74) is -1.12. The topological polar surface area (TPSA) is 96.4 Å². The number of hydrogen-bond acceptors (Lipinski definition) is 6. The van der Waals surface area contributed by atoms with E-state index in [1.165, 1.54) is 0 Å². The van der Waals surface area contributed by atoms with E-state index in [0.29, 0.717) is 19.4 Å². The highest BCUT2D eigenvalue weighted by Gasteiger charge is 2.77. The molecule has 3 saturated heterocycles. The van der Waals surface area contributed by atoms with E-state index in [1.54, 1.807) is 17.9 Å². The van der Waals surface area contributed by atoms with Crippen molar-refractivity contribution in [1.29, 1.82) is 0 Å². The second-order valence-electron chi connectivity index (χ2n) is 9.98. The number of likely N-dealkylation sites (tertiary alicyclic amines) is 1. The van der Waals surface area contributed by atoms with Gasteiger partial charge in [0, 0.05) is 17.4 Å². The zero-order valence-electron chi connectivity index (χ0n) is 20.2. The predicted molar refractivity (Wildman–Crippen MR) is 129 cm³/mol. The van der Waals surface area contributed by atoms with Crippen molar-refractivity contribution in [3.8, 4) is 0 Å². The van der Waals surface area contributed by atoms with E-state index in [-0.39, 0.29) is 35.9 Å². The lowest BCUT2D eigenvalue weighted by molar-refractivity contribution is -0.156. The molecule has 0 aromatic heterocycles. The molecule has 3 aliphatic heterocycles. The van der Waals surface area contributed by atoms with Crippen molar-refractivity contribution >= 4 is 33.7 Å². The van der Waals surface area contributed by atoms with Crippen molar-refractivity contribution in [3.63, 3.8) is 0 Å². The maximum Gasteiger partial charge on any atom is 0.312 e.